The molecule has 0 saturated carbocycles. The molecule has 154 valence electrons. The van der Waals surface area contributed by atoms with Crippen molar-refractivity contribution in [3.8, 4) is 0 Å². The highest BCUT2D eigenvalue weighted by Gasteiger charge is 2.33. The van der Waals surface area contributed by atoms with Crippen molar-refractivity contribution in [1.82, 2.24) is 10.1 Å². The molecule has 0 unspecified atom stereocenters. The first-order valence-electron chi connectivity index (χ1n) is 9.51. The average Bonchev–Trinajstić information content (AvgIpc) is 3.14. The molecule has 0 aliphatic carbocycles. The molecule has 0 aromatic carbocycles. The summed E-state index contributed by atoms with van der Waals surface area (Å²) in [5.41, 5.74) is 0. The summed E-state index contributed by atoms with van der Waals surface area (Å²) in [5, 5.41) is 1.09. The van der Waals surface area contributed by atoms with Crippen LogP contribution in [0.3, 0.4) is 0 Å². The van der Waals surface area contributed by atoms with Gasteiger partial charge in [-0.1, -0.05) is 25.7 Å². The van der Waals surface area contributed by atoms with Gasteiger partial charge in [-0.15, -0.1) is 10.1 Å². The highest BCUT2D eigenvalue weighted by atomic mass is 16.7. The number of amides is 4. The molecular formula is C18H24N2O8. The Bertz CT molecular complexity index is 572. The first-order valence-corrected chi connectivity index (χ1v) is 9.51. The summed E-state index contributed by atoms with van der Waals surface area (Å²) in [6, 6.07) is 0. The first kappa shape index (κ1) is 21.5. The predicted octanol–water partition coefficient (Wildman–Crippen LogP) is 1.32. The quantitative estimate of drug-likeness (QED) is 0.378. The summed E-state index contributed by atoms with van der Waals surface area (Å²) >= 11 is 0. The number of rotatable bonds is 11. The lowest BCUT2D eigenvalue weighted by atomic mass is 10.1. The van der Waals surface area contributed by atoms with Gasteiger partial charge in [0.15, 0.2) is 0 Å². The van der Waals surface area contributed by atoms with Crippen LogP contribution in [0.1, 0.15) is 77.0 Å². The fraction of sp³-hybridized carbons (Fsp3) is 0.667. The number of nitrogens with zero attached hydrogens (tertiary/aromatic N) is 2. The number of unbranched alkanes of at least 4 members (excludes halogenated alkanes) is 5. The van der Waals surface area contributed by atoms with Crippen LogP contribution in [0.15, 0.2) is 0 Å². The Kier molecular flexibility index (Phi) is 8.09. The number of carbonyl (C=O) groups is 6. The van der Waals surface area contributed by atoms with Crippen LogP contribution in [-0.4, -0.2) is 45.7 Å². The Labute approximate surface area is 162 Å². The molecule has 2 rings (SSSR count). The van der Waals surface area contributed by atoms with E-state index in [0.717, 1.165) is 25.7 Å². The van der Waals surface area contributed by atoms with Gasteiger partial charge in [0.2, 0.25) is 0 Å². The average molecular weight is 396 g/mol. The molecular weight excluding hydrogens is 372 g/mol. The fourth-order valence-electron chi connectivity index (χ4n) is 2.86. The zero-order valence-corrected chi connectivity index (χ0v) is 15.6. The maximum Gasteiger partial charge on any atom is 0.333 e. The molecule has 0 atom stereocenters. The molecule has 0 radical (unpaired) electrons. The van der Waals surface area contributed by atoms with Gasteiger partial charge in [-0.25, -0.2) is 9.59 Å². The molecule has 2 aliphatic heterocycles. The second kappa shape index (κ2) is 10.5. The molecule has 0 N–H and O–H groups in total. The van der Waals surface area contributed by atoms with Gasteiger partial charge in [-0.2, -0.15) is 0 Å². The van der Waals surface area contributed by atoms with Crippen LogP contribution < -0.4 is 0 Å². The molecule has 10 heteroatoms. The molecule has 0 aromatic heterocycles. The Hall–Kier alpha value is -2.78. The molecule has 28 heavy (non-hydrogen) atoms. The normalized spacial score (nSPS) is 16.9. The van der Waals surface area contributed by atoms with E-state index in [-0.39, 0.29) is 38.5 Å². The van der Waals surface area contributed by atoms with E-state index in [1.807, 2.05) is 0 Å². The standard InChI is InChI=1S/C18H24N2O8/c21-13-9-10-14(22)19(13)27-17(25)7-5-3-1-2-4-6-8-18(26)28-20-15(23)11-12-16(20)24/h1-12H2. The van der Waals surface area contributed by atoms with Gasteiger partial charge in [0, 0.05) is 38.5 Å². The van der Waals surface area contributed by atoms with Crippen molar-refractivity contribution in [2.75, 3.05) is 0 Å². The van der Waals surface area contributed by atoms with Gasteiger partial charge >= 0.3 is 11.9 Å². The molecule has 2 heterocycles. The van der Waals surface area contributed by atoms with Crippen LogP contribution in [0.4, 0.5) is 0 Å². The lowest BCUT2D eigenvalue weighted by molar-refractivity contribution is -0.197. The highest BCUT2D eigenvalue weighted by Crippen LogP contribution is 2.15. The number of carbonyl (C=O) groups excluding carboxylic acids is 6. The smallest absolute Gasteiger partial charge is 0.330 e. The summed E-state index contributed by atoms with van der Waals surface area (Å²) < 4.78 is 0. The number of hydroxylamine groups is 4. The SMILES string of the molecule is O=C(CCCCCCCCC(=O)ON1C(=O)CCC1=O)ON1C(=O)CCC1=O. The monoisotopic (exact) mass is 396 g/mol. The molecule has 0 spiro atoms. The zero-order valence-electron chi connectivity index (χ0n) is 15.6. The van der Waals surface area contributed by atoms with Gasteiger partial charge in [-0.3, -0.25) is 19.2 Å². The number of imide groups is 2. The molecule has 2 saturated heterocycles. The highest BCUT2D eigenvalue weighted by molar-refractivity contribution is 6.02. The van der Waals surface area contributed by atoms with E-state index in [1.165, 1.54) is 0 Å². The van der Waals surface area contributed by atoms with Crippen molar-refractivity contribution in [2.45, 2.75) is 77.0 Å². The second-order valence-corrected chi connectivity index (χ2v) is 6.71. The summed E-state index contributed by atoms with van der Waals surface area (Å²) in [5.74, 6) is -3.16. The second-order valence-electron chi connectivity index (χ2n) is 6.71. The summed E-state index contributed by atoms with van der Waals surface area (Å²) in [6.07, 6.45) is 4.97. The third-order valence-corrected chi connectivity index (χ3v) is 4.41. The zero-order chi connectivity index (χ0) is 20.5. The van der Waals surface area contributed by atoms with Crippen LogP contribution in [0, 0.1) is 0 Å². The predicted molar refractivity (Wildman–Crippen MR) is 91.3 cm³/mol. The number of hydrogen-bond donors (Lipinski definition) is 0. The van der Waals surface area contributed by atoms with Gasteiger partial charge in [0.05, 0.1) is 0 Å². The molecule has 10 nitrogen and oxygen atoms in total. The van der Waals surface area contributed by atoms with Crippen molar-refractivity contribution in [2.24, 2.45) is 0 Å². The Morgan fingerprint density at radius 3 is 1.18 bits per heavy atom. The Morgan fingerprint density at radius 1 is 0.571 bits per heavy atom. The van der Waals surface area contributed by atoms with Crippen molar-refractivity contribution >= 4 is 35.6 Å². The molecule has 0 aromatic rings. The number of hydrogen-bond acceptors (Lipinski definition) is 8. The van der Waals surface area contributed by atoms with Crippen LogP contribution in [0.5, 0.6) is 0 Å². The molecule has 4 amide bonds. The minimum atomic E-state index is -0.600. The summed E-state index contributed by atoms with van der Waals surface area (Å²) in [4.78, 5) is 78.1. The van der Waals surface area contributed by atoms with Gasteiger partial charge in [-0.05, 0) is 12.8 Å². The van der Waals surface area contributed by atoms with Crippen molar-refractivity contribution in [1.29, 1.82) is 0 Å². The van der Waals surface area contributed by atoms with E-state index in [1.54, 1.807) is 0 Å². The van der Waals surface area contributed by atoms with Gasteiger partial charge in [0.25, 0.3) is 23.6 Å². The van der Waals surface area contributed by atoms with Crippen LogP contribution in [0.25, 0.3) is 0 Å². The first-order chi connectivity index (χ1) is 13.4. The van der Waals surface area contributed by atoms with Gasteiger partial charge in [0.1, 0.15) is 0 Å². The van der Waals surface area contributed by atoms with Crippen LogP contribution in [0.2, 0.25) is 0 Å². The molecule has 2 fully saturated rings. The maximum atomic E-state index is 11.6. The van der Waals surface area contributed by atoms with E-state index < -0.39 is 35.6 Å². The third kappa shape index (κ3) is 6.43. The van der Waals surface area contributed by atoms with Crippen LogP contribution in [-0.2, 0) is 38.4 Å². The van der Waals surface area contributed by atoms with E-state index in [4.69, 9.17) is 9.68 Å². The Balaban J connectivity index is 1.45. The third-order valence-electron chi connectivity index (χ3n) is 4.41. The minimum absolute atomic E-state index is 0.0737. The maximum absolute atomic E-state index is 11.6. The van der Waals surface area contributed by atoms with Crippen molar-refractivity contribution < 1.29 is 38.4 Å². The van der Waals surface area contributed by atoms with Gasteiger partial charge < -0.3 is 9.68 Å². The summed E-state index contributed by atoms with van der Waals surface area (Å²) in [7, 11) is 0. The fourth-order valence-corrected chi connectivity index (χ4v) is 2.86. The van der Waals surface area contributed by atoms with Crippen molar-refractivity contribution in [3.05, 3.63) is 0 Å². The van der Waals surface area contributed by atoms with E-state index in [0.29, 0.717) is 23.0 Å². The lowest BCUT2D eigenvalue weighted by Gasteiger charge is -2.12. The molecule has 2 aliphatic rings. The lowest BCUT2D eigenvalue weighted by Crippen LogP contribution is -2.31. The van der Waals surface area contributed by atoms with E-state index >= 15 is 0 Å². The van der Waals surface area contributed by atoms with E-state index in [2.05, 4.69) is 0 Å². The largest absolute Gasteiger partial charge is 0.333 e. The van der Waals surface area contributed by atoms with Crippen molar-refractivity contribution in [3.63, 3.8) is 0 Å². The minimum Gasteiger partial charge on any atom is -0.330 e. The molecule has 0 bridgehead atoms. The van der Waals surface area contributed by atoms with E-state index in [9.17, 15) is 28.8 Å². The topological polar surface area (TPSA) is 127 Å². The Morgan fingerprint density at radius 2 is 0.857 bits per heavy atom. The van der Waals surface area contributed by atoms with Crippen LogP contribution >= 0.6 is 0 Å². The summed E-state index contributed by atoms with van der Waals surface area (Å²) in [6.45, 7) is 0.